The number of rotatable bonds is 2. The van der Waals surface area contributed by atoms with E-state index in [1.54, 1.807) is 0 Å². The number of aliphatic imine (C=N–C) groups is 4. The molecule has 5 aromatic rings. The van der Waals surface area contributed by atoms with Crippen molar-refractivity contribution in [1.82, 2.24) is 9.47 Å². The molecule has 0 unspecified atom stereocenters. The molecule has 4 aromatic carbocycles. The van der Waals surface area contributed by atoms with Gasteiger partial charge in [-0.05, 0) is 38.1 Å². The summed E-state index contributed by atoms with van der Waals surface area (Å²) in [4.78, 5) is 22.1. The maximum Gasteiger partial charge on any atom is 0.241 e. The fraction of sp³-hybridized carbons (Fsp3) is 0.0588. The number of nitrogens with zero attached hydrogens (tertiary/aromatic N) is 6. The summed E-state index contributed by atoms with van der Waals surface area (Å²) in [5.74, 6) is 1.65. The minimum absolute atomic E-state index is 0.542. The largest absolute Gasteiger partial charge is 0.278 e. The average Bonchev–Trinajstić information content (AvgIpc) is 3.32. The zero-order valence-electron chi connectivity index (χ0n) is 22.1. The van der Waals surface area contributed by atoms with Gasteiger partial charge in [0.25, 0.3) is 0 Å². The molecule has 0 radical (unpaired) electrons. The van der Waals surface area contributed by atoms with Crippen LogP contribution in [0.3, 0.4) is 0 Å². The SMILES string of the molecule is Cc1ccc(C2=CC3=CC(c4ccc(C)cc4)=NC4=NC(n5c6ccccc6c6ccccc65)=NC(=N2)N34)cc1. The lowest BCUT2D eigenvalue weighted by Gasteiger charge is -2.33. The van der Waals surface area contributed by atoms with Gasteiger partial charge in [-0.25, -0.2) is 14.9 Å². The van der Waals surface area contributed by atoms with E-state index in [4.69, 9.17) is 20.0 Å². The average molecular weight is 517 g/mol. The van der Waals surface area contributed by atoms with Crippen molar-refractivity contribution in [2.24, 2.45) is 20.0 Å². The molecule has 0 saturated carbocycles. The molecule has 0 saturated heterocycles. The van der Waals surface area contributed by atoms with Gasteiger partial charge >= 0.3 is 0 Å². The molecule has 0 aliphatic carbocycles. The molecule has 40 heavy (non-hydrogen) atoms. The van der Waals surface area contributed by atoms with Crippen molar-refractivity contribution in [3.8, 4) is 0 Å². The summed E-state index contributed by atoms with van der Waals surface area (Å²) in [5.41, 5.74) is 9.23. The second-order valence-corrected chi connectivity index (χ2v) is 10.3. The van der Waals surface area contributed by atoms with E-state index < -0.39 is 0 Å². The highest BCUT2D eigenvalue weighted by Gasteiger charge is 2.33. The highest BCUT2D eigenvalue weighted by atomic mass is 15.4. The van der Waals surface area contributed by atoms with Crippen LogP contribution in [0.15, 0.2) is 135 Å². The Bertz CT molecular complexity index is 1950. The Labute approximate surface area is 231 Å². The van der Waals surface area contributed by atoms with Crippen molar-refractivity contribution in [3.63, 3.8) is 0 Å². The molecule has 6 nitrogen and oxygen atoms in total. The number of aromatic nitrogens is 1. The minimum Gasteiger partial charge on any atom is -0.278 e. The van der Waals surface area contributed by atoms with Crippen LogP contribution in [0.4, 0.5) is 0 Å². The van der Waals surface area contributed by atoms with E-state index >= 15 is 0 Å². The second-order valence-electron chi connectivity index (χ2n) is 10.3. The molecule has 8 rings (SSSR count). The summed E-state index contributed by atoms with van der Waals surface area (Å²) in [6.45, 7) is 4.18. The number of benzene rings is 4. The molecule has 0 atom stereocenters. The molecule has 6 heteroatoms. The first kappa shape index (κ1) is 22.6. The Morgan fingerprint density at radius 2 is 1.05 bits per heavy atom. The molecular weight excluding hydrogens is 492 g/mol. The first-order chi connectivity index (χ1) is 19.6. The Balaban J connectivity index is 1.38. The van der Waals surface area contributed by atoms with E-state index in [-0.39, 0.29) is 0 Å². The van der Waals surface area contributed by atoms with Crippen molar-refractivity contribution in [1.29, 1.82) is 0 Å². The van der Waals surface area contributed by atoms with Gasteiger partial charge in [0.15, 0.2) is 0 Å². The molecule has 0 N–H and O–H groups in total. The predicted molar refractivity (Wildman–Crippen MR) is 164 cm³/mol. The van der Waals surface area contributed by atoms with E-state index in [0.717, 1.165) is 50.0 Å². The van der Waals surface area contributed by atoms with E-state index in [1.807, 2.05) is 17.0 Å². The van der Waals surface area contributed by atoms with E-state index in [9.17, 15) is 0 Å². The topological polar surface area (TPSA) is 57.6 Å². The lowest BCUT2D eigenvalue weighted by molar-refractivity contribution is 0.733. The summed E-state index contributed by atoms with van der Waals surface area (Å²) in [5, 5.41) is 2.31. The van der Waals surface area contributed by atoms with Crippen molar-refractivity contribution in [3.05, 3.63) is 137 Å². The van der Waals surface area contributed by atoms with Gasteiger partial charge in [0, 0.05) is 21.9 Å². The van der Waals surface area contributed by atoms with Crippen molar-refractivity contribution >= 4 is 51.1 Å². The number of para-hydroxylation sites is 2. The lowest BCUT2D eigenvalue weighted by atomic mass is 10.0. The predicted octanol–water partition coefficient (Wildman–Crippen LogP) is 7.08. The zero-order chi connectivity index (χ0) is 26.8. The molecular formula is C34H24N6. The fourth-order valence-corrected chi connectivity index (χ4v) is 5.49. The number of aryl methyl sites for hydroxylation is 2. The van der Waals surface area contributed by atoms with Crippen LogP contribution in [-0.2, 0) is 0 Å². The van der Waals surface area contributed by atoms with E-state index in [0.29, 0.717) is 17.9 Å². The van der Waals surface area contributed by atoms with Gasteiger partial charge in [0.2, 0.25) is 17.9 Å². The van der Waals surface area contributed by atoms with Gasteiger partial charge in [-0.1, -0.05) is 96.1 Å². The Kier molecular flexibility index (Phi) is 4.85. The summed E-state index contributed by atoms with van der Waals surface area (Å²) in [6.07, 6.45) is 4.18. The van der Waals surface area contributed by atoms with Gasteiger partial charge < -0.3 is 0 Å². The van der Waals surface area contributed by atoms with E-state index in [1.165, 1.54) is 11.1 Å². The van der Waals surface area contributed by atoms with Gasteiger partial charge in [-0.2, -0.15) is 9.98 Å². The summed E-state index contributed by atoms with van der Waals surface area (Å²) >= 11 is 0. The first-order valence-electron chi connectivity index (χ1n) is 13.3. The standard InChI is InChI=1S/C34H24N6/c1-21-11-15-23(16-12-21)28-19-25-20-29(24-17-13-22(2)14-18-24)36-33-38-34(37-32(35-28)39(25)33)40-30-9-5-3-7-26(30)27-8-4-6-10-31(27)40/h3-20H,1-2H3. The first-order valence-corrected chi connectivity index (χ1v) is 13.3. The molecule has 1 aromatic heterocycles. The van der Waals surface area contributed by atoms with Crippen LogP contribution in [0.2, 0.25) is 0 Å². The Morgan fingerprint density at radius 1 is 0.500 bits per heavy atom. The van der Waals surface area contributed by atoms with Gasteiger partial charge in [-0.3, -0.25) is 4.57 Å². The van der Waals surface area contributed by atoms with Crippen LogP contribution in [0.1, 0.15) is 22.3 Å². The quantitative estimate of drug-likeness (QED) is 0.247. The number of hydrogen-bond acceptors (Lipinski definition) is 5. The van der Waals surface area contributed by atoms with Crippen LogP contribution in [0.25, 0.3) is 27.5 Å². The molecule has 0 spiro atoms. The summed E-state index contributed by atoms with van der Waals surface area (Å²) in [6, 6.07) is 33.6. The lowest BCUT2D eigenvalue weighted by Crippen LogP contribution is -2.42. The van der Waals surface area contributed by atoms with Gasteiger partial charge in [-0.15, -0.1) is 0 Å². The van der Waals surface area contributed by atoms with E-state index in [2.05, 4.69) is 115 Å². The monoisotopic (exact) mass is 516 g/mol. The molecule has 190 valence electrons. The summed E-state index contributed by atoms with van der Waals surface area (Å²) < 4.78 is 2.11. The number of allylic oxidation sites excluding steroid dienone is 2. The van der Waals surface area contributed by atoms with Crippen molar-refractivity contribution in [2.45, 2.75) is 13.8 Å². The molecule has 3 aliphatic heterocycles. The second kappa shape index (κ2) is 8.58. The maximum absolute atomic E-state index is 5.05. The zero-order valence-corrected chi connectivity index (χ0v) is 22.1. The number of fused-ring (bicyclic) bond motifs is 3. The number of hydrogen-bond donors (Lipinski definition) is 0. The van der Waals surface area contributed by atoms with Crippen molar-refractivity contribution in [2.75, 3.05) is 0 Å². The van der Waals surface area contributed by atoms with Crippen molar-refractivity contribution < 1.29 is 0 Å². The minimum atomic E-state index is 0.542. The maximum atomic E-state index is 5.05. The third kappa shape index (κ3) is 3.50. The summed E-state index contributed by atoms with van der Waals surface area (Å²) in [7, 11) is 0. The smallest absolute Gasteiger partial charge is 0.241 e. The van der Waals surface area contributed by atoms with Crippen LogP contribution < -0.4 is 0 Å². The fourth-order valence-electron chi connectivity index (χ4n) is 5.49. The highest BCUT2D eigenvalue weighted by molar-refractivity contribution is 6.26. The molecule has 0 bridgehead atoms. The van der Waals surface area contributed by atoms with Crippen LogP contribution in [-0.4, -0.2) is 33.1 Å². The van der Waals surface area contributed by atoms with Crippen LogP contribution in [0, 0.1) is 13.8 Å². The van der Waals surface area contributed by atoms with Gasteiger partial charge in [0.05, 0.1) is 28.1 Å². The van der Waals surface area contributed by atoms with Gasteiger partial charge in [0.1, 0.15) is 0 Å². The molecule has 3 aliphatic rings. The third-order valence-corrected chi connectivity index (χ3v) is 7.54. The number of guanidine groups is 2. The Hall–Kier alpha value is -5.36. The molecule has 4 heterocycles. The Morgan fingerprint density at radius 3 is 1.70 bits per heavy atom. The highest BCUT2D eigenvalue weighted by Crippen LogP contribution is 2.33. The van der Waals surface area contributed by atoms with Crippen LogP contribution in [0.5, 0.6) is 0 Å². The third-order valence-electron chi connectivity index (χ3n) is 7.54. The molecule has 0 amide bonds. The molecule has 0 fully saturated rings. The normalized spacial score (nSPS) is 16.1. The van der Waals surface area contributed by atoms with Crippen LogP contribution >= 0.6 is 0 Å².